The van der Waals surface area contributed by atoms with Crippen LogP contribution >= 0.6 is 0 Å². The topological polar surface area (TPSA) is 32.3 Å². The number of aliphatic hydroxyl groups excluding tert-OH is 1. The van der Waals surface area contributed by atoms with Crippen LogP contribution in [-0.2, 0) is 0 Å². The van der Waals surface area contributed by atoms with Gasteiger partial charge in [0, 0.05) is 5.54 Å². The number of rotatable bonds is 4. The van der Waals surface area contributed by atoms with E-state index < -0.39 is 0 Å². The Morgan fingerprint density at radius 2 is 1.88 bits per heavy atom. The molecule has 0 radical (unpaired) electrons. The molecule has 2 heteroatoms. The molecule has 0 aromatic heterocycles. The van der Waals surface area contributed by atoms with Gasteiger partial charge in [-0.1, -0.05) is 25.7 Å². The van der Waals surface area contributed by atoms with Crippen molar-refractivity contribution >= 4 is 0 Å². The van der Waals surface area contributed by atoms with Crippen molar-refractivity contribution in [2.75, 3.05) is 13.2 Å². The number of hydrogen-bond acceptors (Lipinski definition) is 2. The van der Waals surface area contributed by atoms with Crippen molar-refractivity contribution in [1.29, 1.82) is 0 Å². The monoisotopic (exact) mass is 237 g/mol. The fourth-order valence-corrected chi connectivity index (χ4v) is 4.59. The summed E-state index contributed by atoms with van der Waals surface area (Å²) in [5.74, 6) is 2.97. The maximum atomic E-state index is 9.68. The van der Waals surface area contributed by atoms with Gasteiger partial charge < -0.3 is 10.4 Å². The molecule has 3 fully saturated rings. The molecule has 17 heavy (non-hydrogen) atoms. The maximum Gasteiger partial charge on any atom is 0.0613 e. The van der Waals surface area contributed by atoms with Crippen LogP contribution in [0.15, 0.2) is 0 Å². The molecule has 0 amide bonds. The zero-order valence-electron chi connectivity index (χ0n) is 11.0. The van der Waals surface area contributed by atoms with Crippen molar-refractivity contribution in [2.45, 2.75) is 63.3 Å². The Hall–Kier alpha value is -0.0800. The summed E-state index contributed by atoms with van der Waals surface area (Å²) in [5.41, 5.74) is 0.0834. The van der Waals surface area contributed by atoms with Crippen LogP contribution in [0.3, 0.4) is 0 Å². The van der Waals surface area contributed by atoms with E-state index in [0.717, 1.165) is 17.8 Å². The molecule has 3 atom stereocenters. The summed E-state index contributed by atoms with van der Waals surface area (Å²) in [6, 6.07) is 0. The van der Waals surface area contributed by atoms with Gasteiger partial charge in [0.2, 0.25) is 0 Å². The van der Waals surface area contributed by atoms with Gasteiger partial charge in [0.1, 0.15) is 0 Å². The third-order valence-corrected chi connectivity index (χ3v) is 5.74. The van der Waals surface area contributed by atoms with E-state index in [0.29, 0.717) is 6.61 Å². The number of hydrogen-bond donors (Lipinski definition) is 2. The quantitative estimate of drug-likeness (QED) is 0.788. The minimum atomic E-state index is 0.0834. The van der Waals surface area contributed by atoms with Crippen LogP contribution in [0.2, 0.25) is 0 Å². The Balaban J connectivity index is 1.52. The highest BCUT2D eigenvalue weighted by molar-refractivity contribution is 4.95. The molecule has 98 valence electrons. The normalized spacial score (nSPS) is 39.7. The van der Waals surface area contributed by atoms with E-state index in [4.69, 9.17) is 0 Å². The third kappa shape index (κ3) is 2.39. The molecule has 0 aromatic rings. The van der Waals surface area contributed by atoms with Crippen molar-refractivity contribution in [1.82, 2.24) is 5.32 Å². The largest absolute Gasteiger partial charge is 0.394 e. The first-order valence-electron chi connectivity index (χ1n) is 7.67. The Labute approximate surface area is 105 Å². The Morgan fingerprint density at radius 3 is 2.47 bits per heavy atom. The van der Waals surface area contributed by atoms with E-state index in [-0.39, 0.29) is 5.54 Å². The molecule has 3 unspecified atom stereocenters. The van der Waals surface area contributed by atoms with Crippen molar-refractivity contribution < 1.29 is 5.11 Å². The Kier molecular flexibility index (Phi) is 3.45. The molecule has 2 nitrogen and oxygen atoms in total. The molecule has 3 aliphatic rings. The molecule has 3 saturated carbocycles. The smallest absolute Gasteiger partial charge is 0.0613 e. The van der Waals surface area contributed by atoms with Gasteiger partial charge in [-0.05, 0) is 56.4 Å². The zero-order chi connectivity index (χ0) is 11.7. The zero-order valence-corrected chi connectivity index (χ0v) is 11.0. The lowest BCUT2D eigenvalue weighted by Crippen LogP contribution is -2.51. The minimum Gasteiger partial charge on any atom is -0.394 e. The molecule has 0 spiro atoms. The summed E-state index contributed by atoms with van der Waals surface area (Å²) in [5, 5.41) is 13.4. The van der Waals surface area contributed by atoms with Crippen molar-refractivity contribution in [3.05, 3.63) is 0 Å². The van der Waals surface area contributed by atoms with E-state index in [1.807, 2.05) is 0 Å². The predicted octanol–water partition coefficient (Wildman–Crippen LogP) is 2.71. The molecule has 0 saturated heterocycles. The van der Waals surface area contributed by atoms with Crippen molar-refractivity contribution in [3.8, 4) is 0 Å². The van der Waals surface area contributed by atoms with Gasteiger partial charge in [-0.3, -0.25) is 0 Å². The lowest BCUT2D eigenvalue weighted by Gasteiger charge is -2.38. The highest BCUT2D eigenvalue weighted by Gasteiger charge is 2.40. The summed E-state index contributed by atoms with van der Waals surface area (Å²) in [7, 11) is 0. The molecule has 2 bridgehead atoms. The fraction of sp³-hybridized carbons (Fsp3) is 1.00. The van der Waals surface area contributed by atoms with Crippen LogP contribution in [0.1, 0.15) is 57.8 Å². The van der Waals surface area contributed by atoms with Crippen LogP contribution in [0, 0.1) is 17.8 Å². The van der Waals surface area contributed by atoms with Crippen molar-refractivity contribution in [3.63, 3.8) is 0 Å². The average molecular weight is 237 g/mol. The van der Waals surface area contributed by atoms with Gasteiger partial charge >= 0.3 is 0 Å². The summed E-state index contributed by atoms with van der Waals surface area (Å²) in [6.45, 7) is 1.51. The van der Waals surface area contributed by atoms with Crippen LogP contribution in [-0.4, -0.2) is 23.8 Å². The molecule has 0 aromatic carbocycles. The number of nitrogens with one attached hydrogen (secondary N) is 1. The Bertz CT molecular complexity index is 260. The molecule has 0 heterocycles. The van der Waals surface area contributed by atoms with E-state index in [2.05, 4.69) is 5.32 Å². The van der Waals surface area contributed by atoms with Crippen molar-refractivity contribution in [2.24, 2.45) is 17.8 Å². The summed E-state index contributed by atoms with van der Waals surface area (Å²) >= 11 is 0. The standard InChI is InChI=1S/C15H27NO/c17-11-15(6-2-1-3-7-15)16-10-14-9-12-4-5-13(14)8-12/h12-14,16-17H,1-11H2. The first-order chi connectivity index (χ1) is 8.31. The first kappa shape index (κ1) is 12.0. The summed E-state index contributed by atoms with van der Waals surface area (Å²) < 4.78 is 0. The second-order valence-electron chi connectivity index (χ2n) is 6.81. The van der Waals surface area contributed by atoms with Gasteiger partial charge in [-0.2, -0.15) is 0 Å². The van der Waals surface area contributed by atoms with Gasteiger partial charge in [-0.15, -0.1) is 0 Å². The fourth-order valence-electron chi connectivity index (χ4n) is 4.59. The molecule has 3 rings (SSSR count). The van der Waals surface area contributed by atoms with Gasteiger partial charge in [0.15, 0.2) is 0 Å². The van der Waals surface area contributed by atoms with Gasteiger partial charge in [0.05, 0.1) is 6.61 Å². The van der Waals surface area contributed by atoms with Crippen LogP contribution < -0.4 is 5.32 Å². The number of aliphatic hydroxyl groups is 1. The second kappa shape index (κ2) is 4.89. The van der Waals surface area contributed by atoms with Crippen LogP contribution in [0.5, 0.6) is 0 Å². The van der Waals surface area contributed by atoms with Gasteiger partial charge in [0.25, 0.3) is 0 Å². The SMILES string of the molecule is OCC1(NCC2CC3CCC2C3)CCCCC1. The lowest BCUT2D eigenvalue weighted by molar-refractivity contribution is 0.112. The van der Waals surface area contributed by atoms with Crippen LogP contribution in [0.25, 0.3) is 0 Å². The second-order valence-corrected chi connectivity index (χ2v) is 6.81. The Morgan fingerprint density at radius 1 is 1.06 bits per heavy atom. The molecular weight excluding hydrogens is 210 g/mol. The minimum absolute atomic E-state index is 0.0834. The average Bonchev–Trinajstić information content (AvgIpc) is 3.00. The van der Waals surface area contributed by atoms with E-state index in [1.165, 1.54) is 64.3 Å². The first-order valence-corrected chi connectivity index (χ1v) is 7.67. The van der Waals surface area contributed by atoms with Gasteiger partial charge in [-0.25, -0.2) is 0 Å². The van der Waals surface area contributed by atoms with E-state index in [9.17, 15) is 5.11 Å². The highest BCUT2D eigenvalue weighted by atomic mass is 16.3. The maximum absolute atomic E-state index is 9.68. The van der Waals surface area contributed by atoms with E-state index >= 15 is 0 Å². The summed E-state index contributed by atoms with van der Waals surface area (Å²) in [4.78, 5) is 0. The molecule has 2 N–H and O–H groups in total. The molecular formula is C15H27NO. The molecule has 3 aliphatic carbocycles. The highest BCUT2D eigenvalue weighted by Crippen LogP contribution is 2.48. The van der Waals surface area contributed by atoms with Crippen LogP contribution in [0.4, 0.5) is 0 Å². The number of fused-ring (bicyclic) bond motifs is 2. The predicted molar refractivity (Wildman–Crippen MR) is 69.8 cm³/mol. The lowest BCUT2D eigenvalue weighted by atomic mass is 9.81. The summed E-state index contributed by atoms with van der Waals surface area (Å²) in [6.07, 6.45) is 12.2. The van der Waals surface area contributed by atoms with E-state index in [1.54, 1.807) is 0 Å². The molecule has 0 aliphatic heterocycles. The third-order valence-electron chi connectivity index (χ3n) is 5.74.